The minimum atomic E-state index is -0.545. The fourth-order valence-corrected chi connectivity index (χ4v) is 2.09. The molecular formula is C12H13NOS. The maximum atomic E-state index is 10.1. The summed E-state index contributed by atoms with van der Waals surface area (Å²) in [6.45, 7) is 4.12. The van der Waals surface area contributed by atoms with E-state index < -0.39 is 6.10 Å². The summed E-state index contributed by atoms with van der Waals surface area (Å²) in [4.78, 5) is 4.85. The molecular weight excluding hydrogens is 206 g/mol. The Kier molecular flexibility index (Phi) is 2.84. The van der Waals surface area contributed by atoms with Gasteiger partial charge in [-0.1, -0.05) is 18.2 Å². The molecule has 2 nitrogen and oxygen atoms in total. The first kappa shape index (κ1) is 10.3. The SMILES string of the molecule is Cc1ccc(C(O)c2cncs2)cc1C. The Morgan fingerprint density at radius 3 is 2.67 bits per heavy atom. The highest BCUT2D eigenvalue weighted by Gasteiger charge is 2.12. The molecule has 0 aliphatic heterocycles. The number of nitrogens with zero attached hydrogens (tertiary/aromatic N) is 1. The van der Waals surface area contributed by atoms with E-state index in [2.05, 4.69) is 18.8 Å². The number of aryl methyl sites for hydroxylation is 2. The average molecular weight is 219 g/mol. The van der Waals surface area contributed by atoms with E-state index in [1.54, 1.807) is 11.7 Å². The summed E-state index contributed by atoms with van der Waals surface area (Å²) in [5.74, 6) is 0. The van der Waals surface area contributed by atoms with E-state index in [0.717, 1.165) is 10.4 Å². The number of thiazole rings is 1. The van der Waals surface area contributed by atoms with Crippen molar-refractivity contribution in [2.75, 3.05) is 0 Å². The summed E-state index contributed by atoms with van der Waals surface area (Å²) in [6.07, 6.45) is 1.17. The van der Waals surface area contributed by atoms with Crippen LogP contribution in [0.4, 0.5) is 0 Å². The normalized spacial score (nSPS) is 12.7. The lowest BCUT2D eigenvalue weighted by molar-refractivity contribution is 0.224. The molecule has 0 saturated carbocycles. The van der Waals surface area contributed by atoms with Gasteiger partial charge in [0.15, 0.2) is 0 Å². The van der Waals surface area contributed by atoms with Gasteiger partial charge in [-0.3, -0.25) is 4.98 Å². The number of aromatic nitrogens is 1. The van der Waals surface area contributed by atoms with Crippen LogP contribution in [-0.4, -0.2) is 10.1 Å². The van der Waals surface area contributed by atoms with Gasteiger partial charge in [0.1, 0.15) is 6.10 Å². The number of hydrogen-bond acceptors (Lipinski definition) is 3. The molecule has 0 saturated heterocycles. The highest BCUT2D eigenvalue weighted by atomic mass is 32.1. The van der Waals surface area contributed by atoms with E-state index >= 15 is 0 Å². The first-order valence-electron chi connectivity index (χ1n) is 4.82. The van der Waals surface area contributed by atoms with Crippen molar-refractivity contribution in [1.82, 2.24) is 4.98 Å². The van der Waals surface area contributed by atoms with Crippen molar-refractivity contribution in [3.05, 3.63) is 51.5 Å². The molecule has 3 heteroatoms. The van der Waals surface area contributed by atoms with Gasteiger partial charge >= 0.3 is 0 Å². The van der Waals surface area contributed by atoms with E-state index in [4.69, 9.17) is 0 Å². The van der Waals surface area contributed by atoms with Crippen LogP contribution in [0.15, 0.2) is 29.9 Å². The van der Waals surface area contributed by atoms with Crippen molar-refractivity contribution >= 4 is 11.3 Å². The van der Waals surface area contributed by atoms with Gasteiger partial charge < -0.3 is 5.11 Å². The summed E-state index contributed by atoms with van der Waals surface area (Å²) < 4.78 is 0. The van der Waals surface area contributed by atoms with Crippen LogP contribution in [0.5, 0.6) is 0 Å². The zero-order valence-corrected chi connectivity index (χ0v) is 9.58. The van der Waals surface area contributed by atoms with Gasteiger partial charge in [-0.15, -0.1) is 11.3 Å². The van der Waals surface area contributed by atoms with E-state index in [9.17, 15) is 5.11 Å². The Balaban J connectivity index is 2.34. The number of hydrogen-bond donors (Lipinski definition) is 1. The van der Waals surface area contributed by atoms with Gasteiger partial charge in [-0.05, 0) is 30.5 Å². The number of benzene rings is 1. The molecule has 0 amide bonds. The average Bonchev–Trinajstić information content (AvgIpc) is 2.74. The maximum Gasteiger partial charge on any atom is 0.115 e. The highest BCUT2D eigenvalue weighted by Crippen LogP contribution is 2.25. The Morgan fingerprint density at radius 1 is 1.27 bits per heavy atom. The van der Waals surface area contributed by atoms with Crippen molar-refractivity contribution in [1.29, 1.82) is 0 Å². The van der Waals surface area contributed by atoms with Crippen LogP contribution in [0.3, 0.4) is 0 Å². The van der Waals surface area contributed by atoms with Crippen LogP contribution in [0.1, 0.15) is 27.7 Å². The summed E-state index contributed by atoms with van der Waals surface area (Å²) >= 11 is 1.47. The van der Waals surface area contributed by atoms with Crippen molar-refractivity contribution < 1.29 is 5.11 Å². The topological polar surface area (TPSA) is 33.1 Å². The first-order chi connectivity index (χ1) is 7.18. The van der Waals surface area contributed by atoms with Gasteiger partial charge in [0.05, 0.1) is 10.4 Å². The molecule has 1 aromatic carbocycles. The fourth-order valence-electron chi connectivity index (χ4n) is 1.46. The van der Waals surface area contributed by atoms with Crippen molar-refractivity contribution in [2.45, 2.75) is 20.0 Å². The molecule has 0 bridgehead atoms. The lowest BCUT2D eigenvalue weighted by Crippen LogP contribution is -1.98. The zero-order chi connectivity index (χ0) is 10.8. The first-order valence-corrected chi connectivity index (χ1v) is 5.70. The lowest BCUT2D eigenvalue weighted by Gasteiger charge is -2.10. The Morgan fingerprint density at radius 2 is 2.07 bits per heavy atom. The fraction of sp³-hybridized carbons (Fsp3) is 0.250. The number of aliphatic hydroxyl groups excluding tert-OH is 1. The molecule has 0 fully saturated rings. The molecule has 15 heavy (non-hydrogen) atoms. The Labute approximate surface area is 93.2 Å². The van der Waals surface area contributed by atoms with Gasteiger partial charge in [0, 0.05) is 6.20 Å². The van der Waals surface area contributed by atoms with Gasteiger partial charge in [-0.2, -0.15) is 0 Å². The zero-order valence-electron chi connectivity index (χ0n) is 8.77. The molecule has 1 N–H and O–H groups in total. The molecule has 2 aromatic rings. The third-order valence-corrected chi connectivity index (χ3v) is 3.40. The van der Waals surface area contributed by atoms with Crippen LogP contribution in [0.2, 0.25) is 0 Å². The lowest BCUT2D eigenvalue weighted by atomic mass is 10.0. The molecule has 0 aliphatic rings. The molecule has 0 aliphatic carbocycles. The van der Waals surface area contributed by atoms with Gasteiger partial charge in [0.25, 0.3) is 0 Å². The Bertz CT molecular complexity index is 451. The van der Waals surface area contributed by atoms with Crippen LogP contribution in [0.25, 0.3) is 0 Å². The van der Waals surface area contributed by atoms with Crippen LogP contribution < -0.4 is 0 Å². The van der Waals surface area contributed by atoms with E-state index in [-0.39, 0.29) is 0 Å². The summed E-state index contributed by atoms with van der Waals surface area (Å²) in [7, 11) is 0. The van der Waals surface area contributed by atoms with Crippen LogP contribution in [0, 0.1) is 13.8 Å². The molecule has 0 spiro atoms. The second-order valence-electron chi connectivity index (χ2n) is 3.65. The molecule has 1 unspecified atom stereocenters. The summed E-state index contributed by atoms with van der Waals surface area (Å²) in [5.41, 5.74) is 5.12. The quantitative estimate of drug-likeness (QED) is 0.842. The molecule has 2 rings (SSSR count). The predicted octanol–water partition coefficient (Wildman–Crippen LogP) is 2.84. The molecule has 78 valence electrons. The Hall–Kier alpha value is -1.19. The smallest absolute Gasteiger partial charge is 0.115 e. The number of aliphatic hydroxyl groups is 1. The highest BCUT2D eigenvalue weighted by molar-refractivity contribution is 7.09. The summed E-state index contributed by atoms with van der Waals surface area (Å²) in [6, 6.07) is 6.03. The minimum absolute atomic E-state index is 0.545. The van der Waals surface area contributed by atoms with E-state index in [0.29, 0.717) is 0 Å². The second kappa shape index (κ2) is 4.13. The van der Waals surface area contributed by atoms with Crippen molar-refractivity contribution in [3.63, 3.8) is 0 Å². The monoisotopic (exact) mass is 219 g/mol. The molecule has 1 heterocycles. The standard InChI is InChI=1S/C12H13NOS/c1-8-3-4-10(5-9(8)2)12(14)11-6-13-7-15-11/h3-7,12,14H,1-2H3. The third kappa shape index (κ3) is 2.08. The maximum absolute atomic E-state index is 10.1. The predicted molar refractivity (Wildman–Crippen MR) is 62.1 cm³/mol. The van der Waals surface area contributed by atoms with Crippen molar-refractivity contribution in [2.24, 2.45) is 0 Å². The van der Waals surface area contributed by atoms with Crippen LogP contribution in [-0.2, 0) is 0 Å². The van der Waals surface area contributed by atoms with Crippen molar-refractivity contribution in [3.8, 4) is 0 Å². The second-order valence-corrected chi connectivity index (χ2v) is 4.57. The van der Waals surface area contributed by atoms with Crippen LogP contribution >= 0.6 is 11.3 Å². The number of rotatable bonds is 2. The molecule has 1 atom stereocenters. The van der Waals surface area contributed by atoms with E-state index in [1.807, 2.05) is 18.2 Å². The minimum Gasteiger partial charge on any atom is -0.383 e. The largest absolute Gasteiger partial charge is 0.383 e. The van der Waals surface area contributed by atoms with E-state index in [1.165, 1.54) is 22.5 Å². The van der Waals surface area contributed by atoms with Gasteiger partial charge in [0.2, 0.25) is 0 Å². The molecule has 1 aromatic heterocycles. The summed E-state index contributed by atoms with van der Waals surface area (Å²) in [5, 5.41) is 10.1. The molecule has 0 radical (unpaired) electrons. The third-order valence-electron chi connectivity index (χ3n) is 2.57. The van der Waals surface area contributed by atoms with Gasteiger partial charge in [-0.25, -0.2) is 0 Å².